The summed E-state index contributed by atoms with van der Waals surface area (Å²) in [6, 6.07) is 0. The number of hydrogen-bond donors (Lipinski definition) is 1. The van der Waals surface area contributed by atoms with E-state index in [-0.39, 0.29) is 0 Å². The highest BCUT2D eigenvalue weighted by Crippen LogP contribution is 2.14. The van der Waals surface area contributed by atoms with Crippen LogP contribution in [-0.4, -0.2) is 40.0 Å². The summed E-state index contributed by atoms with van der Waals surface area (Å²) >= 11 is 0. The average molecular weight is 231 g/mol. The van der Waals surface area contributed by atoms with Gasteiger partial charge >= 0.3 is 0 Å². The van der Waals surface area contributed by atoms with Crippen molar-refractivity contribution >= 4 is 0 Å². The quantitative estimate of drug-likeness (QED) is 0.554. The van der Waals surface area contributed by atoms with Crippen LogP contribution in [0.25, 0.3) is 0 Å². The van der Waals surface area contributed by atoms with Crippen molar-refractivity contribution in [2.45, 2.75) is 33.6 Å². The first-order valence-electron chi connectivity index (χ1n) is 6.49. The van der Waals surface area contributed by atoms with Crippen LogP contribution >= 0.6 is 0 Å². The molecule has 0 saturated carbocycles. The topological polar surface area (TPSA) is 30.5 Å². The second-order valence-corrected chi connectivity index (χ2v) is 4.60. The molecule has 0 amide bonds. The van der Waals surface area contributed by atoms with Crippen molar-refractivity contribution in [2.75, 3.05) is 40.0 Å². The molecule has 0 aromatic rings. The first-order chi connectivity index (χ1) is 7.72. The van der Waals surface area contributed by atoms with Crippen LogP contribution in [0.5, 0.6) is 0 Å². The Balaban J connectivity index is 3.52. The predicted octanol–water partition coefficient (Wildman–Crippen LogP) is 2.31. The molecule has 98 valence electrons. The number of methoxy groups -OCH3 is 1. The van der Waals surface area contributed by atoms with Gasteiger partial charge in [0.15, 0.2) is 0 Å². The summed E-state index contributed by atoms with van der Waals surface area (Å²) in [5, 5.41) is 3.49. The van der Waals surface area contributed by atoms with Gasteiger partial charge in [0, 0.05) is 13.7 Å². The standard InChI is InChI=1S/C13H29NO2/c1-5-7-14-11-13(12(2)3)6-8-16-10-9-15-4/h12-14H,5-11H2,1-4H3. The molecule has 1 unspecified atom stereocenters. The van der Waals surface area contributed by atoms with E-state index < -0.39 is 0 Å². The molecule has 0 aliphatic heterocycles. The summed E-state index contributed by atoms with van der Waals surface area (Å²) < 4.78 is 10.4. The molecule has 1 atom stereocenters. The first-order valence-corrected chi connectivity index (χ1v) is 6.49. The van der Waals surface area contributed by atoms with Crippen LogP contribution in [0.4, 0.5) is 0 Å². The number of rotatable bonds is 11. The van der Waals surface area contributed by atoms with Crippen LogP contribution in [-0.2, 0) is 9.47 Å². The predicted molar refractivity (Wildman–Crippen MR) is 68.8 cm³/mol. The van der Waals surface area contributed by atoms with Crippen molar-refractivity contribution in [3.63, 3.8) is 0 Å². The summed E-state index contributed by atoms with van der Waals surface area (Å²) in [5.74, 6) is 1.43. The summed E-state index contributed by atoms with van der Waals surface area (Å²) in [6.45, 7) is 11.3. The largest absolute Gasteiger partial charge is 0.382 e. The molecule has 0 spiro atoms. The number of nitrogens with one attached hydrogen (secondary N) is 1. The Labute approximate surface area is 101 Å². The average Bonchev–Trinajstić information content (AvgIpc) is 2.26. The molecular weight excluding hydrogens is 202 g/mol. The summed E-state index contributed by atoms with van der Waals surface area (Å²) in [5.41, 5.74) is 0. The number of ether oxygens (including phenoxy) is 2. The minimum Gasteiger partial charge on any atom is -0.382 e. The molecule has 0 aliphatic carbocycles. The zero-order valence-electron chi connectivity index (χ0n) is 11.4. The van der Waals surface area contributed by atoms with E-state index >= 15 is 0 Å². The van der Waals surface area contributed by atoms with Gasteiger partial charge in [0.25, 0.3) is 0 Å². The summed E-state index contributed by atoms with van der Waals surface area (Å²) in [7, 11) is 1.70. The minimum atomic E-state index is 0.695. The van der Waals surface area contributed by atoms with Gasteiger partial charge in [-0.3, -0.25) is 0 Å². The van der Waals surface area contributed by atoms with Crippen molar-refractivity contribution < 1.29 is 9.47 Å². The molecule has 0 rings (SSSR count). The van der Waals surface area contributed by atoms with Crippen molar-refractivity contribution in [1.29, 1.82) is 0 Å². The third-order valence-corrected chi connectivity index (χ3v) is 2.84. The molecule has 0 heterocycles. The van der Waals surface area contributed by atoms with E-state index in [2.05, 4.69) is 26.1 Å². The van der Waals surface area contributed by atoms with E-state index in [4.69, 9.17) is 9.47 Å². The fourth-order valence-corrected chi connectivity index (χ4v) is 1.61. The zero-order chi connectivity index (χ0) is 12.2. The van der Waals surface area contributed by atoms with E-state index in [1.54, 1.807) is 7.11 Å². The fraction of sp³-hybridized carbons (Fsp3) is 1.00. The Morgan fingerprint density at radius 1 is 1.12 bits per heavy atom. The van der Waals surface area contributed by atoms with Gasteiger partial charge in [0.2, 0.25) is 0 Å². The third kappa shape index (κ3) is 9.13. The Kier molecular flexibility index (Phi) is 11.3. The highest BCUT2D eigenvalue weighted by molar-refractivity contribution is 4.65. The van der Waals surface area contributed by atoms with Crippen molar-refractivity contribution in [3.8, 4) is 0 Å². The van der Waals surface area contributed by atoms with E-state index in [0.717, 1.165) is 32.0 Å². The van der Waals surface area contributed by atoms with Gasteiger partial charge in [0.05, 0.1) is 13.2 Å². The van der Waals surface area contributed by atoms with Crippen LogP contribution in [0, 0.1) is 11.8 Å². The maximum Gasteiger partial charge on any atom is 0.0700 e. The zero-order valence-corrected chi connectivity index (χ0v) is 11.4. The first kappa shape index (κ1) is 15.9. The maximum absolute atomic E-state index is 5.51. The second-order valence-electron chi connectivity index (χ2n) is 4.60. The van der Waals surface area contributed by atoms with Crippen molar-refractivity contribution in [3.05, 3.63) is 0 Å². The third-order valence-electron chi connectivity index (χ3n) is 2.84. The van der Waals surface area contributed by atoms with Gasteiger partial charge in [-0.1, -0.05) is 20.8 Å². The lowest BCUT2D eigenvalue weighted by Crippen LogP contribution is -2.28. The molecule has 16 heavy (non-hydrogen) atoms. The van der Waals surface area contributed by atoms with Crippen molar-refractivity contribution in [1.82, 2.24) is 5.32 Å². The summed E-state index contributed by atoms with van der Waals surface area (Å²) in [6.07, 6.45) is 2.34. The Morgan fingerprint density at radius 2 is 1.88 bits per heavy atom. The van der Waals surface area contributed by atoms with E-state index in [1.165, 1.54) is 6.42 Å². The van der Waals surface area contributed by atoms with Gasteiger partial charge in [-0.25, -0.2) is 0 Å². The Bertz CT molecular complexity index is 140. The van der Waals surface area contributed by atoms with Crippen LogP contribution in [0.3, 0.4) is 0 Å². The lowest BCUT2D eigenvalue weighted by Gasteiger charge is -2.21. The summed E-state index contributed by atoms with van der Waals surface area (Å²) in [4.78, 5) is 0. The molecule has 3 heteroatoms. The molecule has 0 bridgehead atoms. The molecule has 0 saturated heterocycles. The highest BCUT2D eigenvalue weighted by atomic mass is 16.5. The van der Waals surface area contributed by atoms with Crippen LogP contribution in [0.2, 0.25) is 0 Å². The molecule has 0 aromatic carbocycles. The normalized spacial score (nSPS) is 13.3. The molecule has 1 N–H and O–H groups in total. The molecule has 0 aromatic heterocycles. The second kappa shape index (κ2) is 11.4. The Hall–Kier alpha value is -0.120. The van der Waals surface area contributed by atoms with Gasteiger partial charge in [-0.05, 0) is 37.8 Å². The van der Waals surface area contributed by atoms with Gasteiger partial charge in [-0.2, -0.15) is 0 Å². The molecule has 0 fully saturated rings. The monoisotopic (exact) mass is 231 g/mol. The highest BCUT2D eigenvalue weighted by Gasteiger charge is 2.12. The van der Waals surface area contributed by atoms with E-state index in [1.807, 2.05) is 0 Å². The Morgan fingerprint density at radius 3 is 2.44 bits per heavy atom. The smallest absolute Gasteiger partial charge is 0.0700 e. The van der Waals surface area contributed by atoms with E-state index in [9.17, 15) is 0 Å². The van der Waals surface area contributed by atoms with Gasteiger partial charge in [0.1, 0.15) is 0 Å². The fourth-order valence-electron chi connectivity index (χ4n) is 1.61. The van der Waals surface area contributed by atoms with Crippen LogP contribution in [0.15, 0.2) is 0 Å². The number of hydrogen-bond acceptors (Lipinski definition) is 3. The molecule has 0 radical (unpaired) electrons. The van der Waals surface area contributed by atoms with E-state index in [0.29, 0.717) is 19.1 Å². The van der Waals surface area contributed by atoms with Gasteiger partial charge in [-0.15, -0.1) is 0 Å². The van der Waals surface area contributed by atoms with Crippen molar-refractivity contribution in [2.24, 2.45) is 11.8 Å². The maximum atomic E-state index is 5.51. The van der Waals surface area contributed by atoms with Crippen LogP contribution < -0.4 is 5.32 Å². The minimum absolute atomic E-state index is 0.695. The molecular formula is C13H29NO2. The lowest BCUT2D eigenvalue weighted by molar-refractivity contribution is 0.0606. The van der Waals surface area contributed by atoms with Crippen LogP contribution in [0.1, 0.15) is 33.6 Å². The molecule has 0 aliphatic rings. The lowest BCUT2D eigenvalue weighted by atomic mass is 9.93. The van der Waals surface area contributed by atoms with Gasteiger partial charge < -0.3 is 14.8 Å². The SMILES string of the molecule is CCCNCC(CCOCCOC)C(C)C. The molecule has 3 nitrogen and oxygen atoms in total.